The Morgan fingerprint density at radius 3 is 2.50 bits per heavy atom. The average molecular weight is 379 g/mol. The van der Waals surface area contributed by atoms with Gasteiger partial charge in [0.05, 0.1) is 5.69 Å². The molecule has 0 saturated heterocycles. The van der Waals surface area contributed by atoms with Crippen molar-refractivity contribution in [3.05, 3.63) is 54.0 Å². The predicted octanol–water partition coefficient (Wildman–Crippen LogP) is 4.84. The molecule has 0 aliphatic heterocycles. The lowest BCUT2D eigenvalue weighted by Gasteiger charge is -2.28. The Balaban J connectivity index is 1.77. The second-order valence-corrected chi connectivity index (χ2v) is 7.34. The van der Waals surface area contributed by atoms with Crippen molar-refractivity contribution in [3.63, 3.8) is 0 Å². The first-order valence-electron chi connectivity index (χ1n) is 9.43. The van der Waals surface area contributed by atoms with E-state index < -0.39 is 5.82 Å². The second-order valence-electron chi connectivity index (χ2n) is 7.34. The number of nitrogens with two attached hydrogens (primary N) is 1. The van der Waals surface area contributed by atoms with Gasteiger partial charge in [0, 0.05) is 35.2 Å². The third kappa shape index (κ3) is 3.52. The molecule has 0 unspecified atom stereocenters. The van der Waals surface area contributed by atoms with E-state index in [1.165, 1.54) is 18.7 Å². The summed E-state index contributed by atoms with van der Waals surface area (Å²) in [5.41, 5.74) is 8.18. The molecule has 6 nitrogen and oxygen atoms in total. The molecule has 1 aliphatic carbocycles. The Hall–Kier alpha value is -3.09. The molecule has 0 spiro atoms. The van der Waals surface area contributed by atoms with Gasteiger partial charge in [-0.15, -0.1) is 0 Å². The summed E-state index contributed by atoms with van der Waals surface area (Å²) in [7, 11) is 0. The average Bonchev–Trinajstić information content (AvgIpc) is 2.64. The summed E-state index contributed by atoms with van der Waals surface area (Å²) >= 11 is 0. The number of anilines is 1. The summed E-state index contributed by atoms with van der Waals surface area (Å²) in [6.07, 6.45) is 7.67. The van der Waals surface area contributed by atoms with Crippen LogP contribution < -0.4 is 10.5 Å². The van der Waals surface area contributed by atoms with E-state index in [0.29, 0.717) is 22.9 Å². The Morgan fingerprint density at radius 2 is 1.86 bits per heavy atom. The number of nitrogen functional groups attached to an aromatic ring is 1. The van der Waals surface area contributed by atoms with Gasteiger partial charge < -0.3 is 10.5 Å². The number of nitrogens with zero attached hydrogens (tertiary/aromatic N) is 4. The molecule has 1 aliphatic rings. The van der Waals surface area contributed by atoms with Crippen LogP contribution >= 0.6 is 0 Å². The van der Waals surface area contributed by atoms with E-state index in [1.54, 1.807) is 12.1 Å². The molecule has 144 valence electrons. The first kappa shape index (κ1) is 18.3. The van der Waals surface area contributed by atoms with Gasteiger partial charge in [-0.05, 0) is 24.7 Å². The van der Waals surface area contributed by atoms with Crippen molar-refractivity contribution in [2.24, 2.45) is 0 Å². The third-order valence-corrected chi connectivity index (χ3v) is 5.12. The van der Waals surface area contributed by atoms with Crippen molar-refractivity contribution < 1.29 is 9.13 Å². The number of ether oxygens (including phenoxy) is 1. The van der Waals surface area contributed by atoms with Gasteiger partial charge in [0.2, 0.25) is 11.8 Å². The number of hydrogen-bond acceptors (Lipinski definition) is 6. The molecule has 0 radical (unpaired) electrons. The summed E-state index contributed by atoms with van der Waals surface area (Å²) < 4.78 is 21.5. The van der Waals surface area contributed by atoms with Crippen molar-refractivity contribution in [2.45, 2.75) is 44.9 Å². The lowest BCUT2D eigenvalue weighted by molar-refractivity contribution is 0.378. The minimum Gasteiger partial charge on any atom is -0.436 e. The van der Waals surface area contributed by atoms with E-state index in [-0.39, 0.29) is 17.6 Å². The highest BCUT2D eigenvalue weighted by Gasteiger charge is 2.27. The number of halogens is 1. The summed E-state index contributed by atoms with van der Waals surface area (Å²) in [5.74, 6) is 0.778. The second kappa shape index (κ2) is 7.50. The molecule has 2 N–H and O–H groups in total. The van der Waals surface area contributed by atoms with Crippen LogP contribution in [0.25, 0.3) is 11.1 Å². The van der Waals surface area contributed by atoms with Crippen molar-refractivity contribution in [1.82, 2.24) is 19.9 Å². The van der Waals surface area contributed by atoms with Crippen LogP contribution in [-0.4, -0.2) is 19.9 Å². The molecular weight excluding hydrogens is 357 g/mol. The zero-order valence-electron chi connectivity index (χ0n) is 15.9. The standard InChI is InChI=1S/C21H22FN5O/c1-12(2)17-8-18(27-11-26-17)28-20-16(13-4-3-5-13)7-6-15(19(20)22)14-9-24-21(23)25-10-14/h6-13H,3-5H2,1-2H3,(H2,23,24,25). The Kier molecular flexibility index (Phi) is 4.90. The molecule has 2 heterocycles. The van der Waals surface area contributed by atoms with Crippen LogP contribution in [0.5, 0.6) is 11.6 Å². The highest BCUT2D eigenvalue weighted by Crippen LogP contribution is 2.45. The Bertz CT molecular complexity index is 987. The number of aromatic nitrogens is 4. The van der Waals surface area contributed by atoms with Crippen LogP contribution in [0.2, 0.25) is 0 Å². The third-order valence-electron chi connectivity index (χ3n) is 5.12. The molecule has 1 saturated carbocycles. The first-order chi connectivity index (χ1) is 13.5. The fourth-order valence-corrected chi connectivity index (χ4v) is 3.25. The molecule has 0 atom stereocenters. The lowest BCUT2D eigenvalue weighted by atomic mass is 9.79. The van der Waals surface area contributed by atoms with E-state index in [2.05, 4.69) is 19.9 Å². The molecule has 2 aromatic heterocycles. The van der Waals surface area contributed by atoms with Crippen LogP contribution in [0, 0.1) is 5.82 Å². The smallest absolute Gasteiger partial charge is 0.222 e. The molecule has 7 heteroatoms. The van der Waals surface area contributed by atoms with Crippen LogP contribution in [0.1, 0.15) is 56.2 Å². The van der Waals surface area contributed by atoms with Crippen molar-refractivity contribution in [1.29, 1.82) is 0 Å². The van der Waals surface area contributed by atoms with Gasteiger partial charge in [-0.1, -0.05) is 32.4 Å². The Labute approximate surface area is 163 Å². The fraction of sp³-hybridized carbons (Fsp3) is 0.333. The van der Waals surface area contributed by atoms with Crippen LogP contribution in [-0.2, 0) is 0 Å². The summed E-state index contributed by atoms with van der Waals surface area (Å²) in [5, 5.41) is 0. The van der Waals surface area contributed by atoms with Gasteiger partial charge in [0.1, 0.15) is 6.33 Å². The van der Waals surface area contributed by atoms with Gasteiger partial charge in [0.25, 0.3) is 0 Å². The number of rotatable bonds is 5. The molecule has 28 heavy (non-hydrogen) atoms. The quantitative estimate of drug-likeness (QED) is 0.683. The van der Waals surface area contributed by atoms with E-state index in [1.807, 2.05) is 19.9 Å². The molecule has 0 amide bonds. The SMILES string of the molecule is CC(C)c1cc(Oc2c(C3CCC3)ccc(-c3cnc(N)nc3)c2F)ncn1. The van der Waals surface area contributed by atoms with Gasteiger partial charge >= 0.3 is 0 Å². The van der Waals surface area contributed by atoms with Crippen LogP contribution in [0.4, 0.5) is 10.3 Å². The first-order valence-corrected chi connectivity index (χ1v) is 9.43. The van der Waals surface area contributed by atoms with Crippen molar-refractivity contribution in [3.8, 4) is 22.8 Å². The molecule has 3 aromatic rings. The van der Waals surface area contributed by atoms with E-state index in [4.69, 9.17) is 10.5 Å². The van der Waals surface area contributed by atoms with Crippen molar-refractivity contribution >= 4 is 5.95 Å². The lowest BCUT2D eigenvalue weighted by Crippen LogP contribution is -2.11. The van der Waals surface area contributed by atoms with Gasteiger partial charge in [-0.25, -0.2) is 24.3 Å². The maximum atomic E-state index is 15.5. The molecule has 0 bridgehead atoms. The zero-order chi connectivity index (χ0) is 19.7. The van der Waals surface area contributed by atoms with Crippen molar-refractivity contribution in [2.75, 3.05) is 5.73 Å². The van der Waals surface area contributed by atoms with Crippen LogP contribution in [0.3, 0.4) is 0 Å². The largest absolute Gasteiger partial charge is 0.436 e. The summed E-state index contributed by atoms with van der Waals surface area (Å²) in [4.78, 5) is 16.4. The topological polar surface area (TPSA) is 86.8 Å². The predicted molar refractivity (Wildman–Crippen MR) is 105 cm³/mol. The zero-order valence-corrected chi connectivity index (χ0v) is 15.9. The van der Waals surface area contributed by atoms with E-state index in [0.717, 1.165) is 30.5 Å². The minimum absolute atomic E-state index is 0.147. The molecular formula is C21H22FN5O. The fourth-order valence-electron chi connectivity index (χ4n) is 3.25. The number of benzene rings is 1. The number of hydrogen-bond donors (Lipinski definition) is 1. The van der Waals surface area contributed by atoms with E-state index in [9.17, 15) is 0 Å². The minimum atomic E-state index is -0.442. The highest BCUT2D eigenvalue weighted by molar-refractivity contribution is 5.66. The van der Waals surface area contributed by atoms with Gasteiger partial charge in [-0.2, -0.15) is 0 Å². The monoisotopic (exact) mass is 379 g/mol. The Morgan fingerprint density at radius 1 is 1.11 bits per heavy atom. The van der Waals surface area contributed by atoms with Crippen LogP contribution in [0.15, 0.2) is 36.9 Å². The van der Waals surface area contributed by atoms with Gasteiger partial charge in [-0.3, -0.25) is 0 Å². The molecule has 1 fully saturated rings. The molecule has 1 aromatic carbocycles. The van der Waals surface area contributed by atoms with Gasteiger partial charge in [0.15, 0.2) is 11.6 Å². The maximum absolute atomic E-state index is 15.5. The molecule has 4 rings (SSSR count). The maximum Gasteiger partial charge on any atom is 0.222 e. The van der Waals surface area contributed by atoms with E-state index >= 15 is 4.39 Å². The summed E-state index contributed by atoms with van der Waals surface area (Å²) in [6.45, 7) is 4.07. The summed E-state index contributed by atoms with van der Waals surface area (Å²) in [6, 6.07) is 5.44. The highest BCUT2D eigenvalue weighted by atomic mass is 19.1. The normalized spacial score (nSPS) is 14.1.